The predicted molar refractivity (Wildman–Crippen MR) is 112 cm³/mol. The predicted octanol–water partition coefficient (Wildman–Crippen LogP) is 8.56. The molecule has 21 heavy (non-hydrogen) atoms. The lowest BCUT2D eigenvalue weighted by Gasteiger charge is -2.36. The molecule has 1 atom stereocenters. The molecule has 0 saturated heterocycles. The molecule has 0 spiro atoms. The van der Waals surface area contributed by atoms with Crippen LogP contribution in [0.1, 0.15) is 121 Å². The Balaban J connectivity index is -0.0000000730. The van der Waals surface area contributed by atoms with Crippen molar-refractivity contribution in [2.24, 2.45) is 11.3 Å². The van der Waals surface area contributed by atoms with Crippen molar-refractivity contribution in [1.29, 1.82) is 0 Å². The second-order valence-corrected chi connectivity index (χ2v) is 5.38. The third kappa shape index (κ3) is 22.8. The van der Waals surface area contributed by atoms with E-state index in [1.54, 1.807) is 0 Å². The molecule has 136 valence electrons. The first kappa shape index (κ1) is 33.1. The number of rotatable bonds is 2. The van der Waals surface area contributed by atoms with E-state index in [0.717, 1.165) is 5.92 Å². The Hall–Kier alpha value is 0.430. The van der Waals surface area contributed by atoms with Crippen LogP contribution >= 0.6 is 9.90 Å². The SMILES string of the molecule is CC.CC.CC.CCC.CCC(C)(C)C1CCCCC1.P. The van der Waals surface area contributed by atoms with Crippen LogP contribution in [0.5, 0.6) is 0 Å². The molecule has 1 heteroatoms. The lowest BCUT2D eigenvalue weighted by atomic mass is 9.70. The maximum atomic E-state index is 2.43. The van der Waals surface area contributed by atoms with Gasteiger partial charge in [-0.2, -0.15) is 9.90 Å². The number of hydrogen-bond acceptors (Lipinski definition) is 0. The van der Waals surface area contributed by atoms with Crippen molar-refractivity contribution in [2.45, 2.75) is 121 Å². The Morgan fingerprint density at radius 3 is 1.24 bits per heavy atom. The normalized spacial score (nSPS) is 13.3. The first-order valence-corrected chi connectivity index (χ1v) is 9.58. The Morgan fingerprint density at radius 2 is 1.00 bits per heavy atom. The van der Waals surface area contributed by atoms with Gasteiger partial charge in [-0.25, -0.2) is 0 Å². The molecule has 0 aromatic carbocycles. The largest absolute Gasteiger partial charge is 0.153 e. The lowest BCUT2D eigenvalue weighted by molar-refractivity contribution is 0.152. The van der Waals surface area contributed by atoms with Gasteiger partial charge in [0.2, 0.25) is 0 Å². The summed E-state index contributed by atoms with van der Waals surface area (Å²) in [4.78, 5) is 0. The van der Waals surface area contributed by atoms with Crippen LogP contribution in [0.2, 0.25) is 0 Å². The van der Waals surface area contributed by atoms with Crippen molar-refractivity contribution >= 4 is 9.90 Å². The van der Waals surface area contributed by atoms with Crippen LogP contribution in [0.15, 0.2) is 0 Å². The van der Waals surface area contributed by atoms with Gasteiger partial charge < -0.3 is 0 Å². The van der Waals surface area contributed by atoms with Crippen molar-refractivity contribution in [3.05, 3.63) is 0 Å². The zero-order chi connectivity index (χ0) is 17.0. The molecule has 0 aromatic rings. The van der Waals surface area contributed by atoms with Gasteiger partial charge in [0.1, 0.15) is 0 Å². The summed E-state index contributed by atoms with van der Waals surface area (Å²) in [5.74, 6) is 1.02. The second kappa shape index (κ2) is 28.6. The minimum atomic E-state index is 0. The van der Waals surface area contributed by atoms with Gasteiger partial charge in [-0.1, -0.05) is 108 Å². The van der Waals surface area contributed by atoms with Crippen LogP contribution in [0, 0.1) is 11.3 Å². The van der Waals surface area contributed by atoms with Gasteiger partial charge in [-0.3, -0.25) is 0 Å². The van der Waals surface area contributed by atoms with Crippen LogP contribution in [-0.2, 0) is 0 Å². The summed E-state index contributed by atoms with van der Waals surface area (Å²) in [7, 11) is 0. The molecule has 1 rings (SSSR count). The molecule has 1 fully saturated rings. The molecule has 0 nitrogen and oxygen atoms in total. The molecule has 0 heterocycles. The highest BCUT2D eigenvalue weighted by Crippen LogP contribution is 2.40. The maximum absolute atomic E-state index is 2.43. The molecular formula is C20H51P. The molecule has 0 aliphatic heterocycles. The number of hydrogen-bond donors (Lipinski definition) is 0. The smallest absolute Gasteiger partial charge is 0.0329 e. The molecule has 0 bridgehead atoms. The van der Waals surface area contributed by atoms with E-state index in [2.05, 4.69) is 34.6 Å². The zero-order valence-corrected chi connectivity index (χ0v) is 19.1. The molecule has 1 unspecified atom stereocenters. The fraction of sp³-hybridized carbons (Fsp3) is 1.00. The summed E-state index contributed by atoms with van der Waals surface area (Å²) in [5, 5.41) is 0. The minimum Gasteiger partial charge on any atom is -0.153 e. The van der Waals surface area contributed by atoms with Gasteiger partial charge in [0, 0.05) is 0 Å². The van der Waals surface area contributed by atoms with Crippen LogP contribution in [-0.4, -0.2) is 0 Å². The van der Waals surface area contributed by atoms with E-state index in [0.29, 0.717) is 5.41 Å². The third-order valence-electron chi connectivity index (χ3n) is 3.62. The lowest BCUT2D eigenvalue weighted by Crippen LogP contribution is -2.25. The first-order chi connectivity index (χ1) is 9.58. The van der Waals surface area contributed by atoms with E-state index in [9.17, 15) is 0 Å². The second-order valence-electron chi connectivity index (χ2n) is 5.38. The highest BCUT2D eigenvalue weighted by molar-refractivity contribution is 6.92. The zero-order valence-electron chi connectivity index (χ0n) is 17.7. The van der Waals surface area contributed by atoms with Gasteiger partial charge in [0.15, 0.2) is 0 Å². The van der Waals surface area contributed by atoms with Gasteiger partial charge in [-0.15, -0.1) is 0 Å². The Kier molecular flexibility index (Phi) is 45.1. The van der Waals surface area contributed by atoms with Crippen molar-refractivity contribution in [2.75, 3.05) is 0 Å². The monoisotopic (exact) mass is 322 g/mol. The minimum absolute atomic E-state index is 0. The maximum Gasteiger partial charge on any atom is -0.0329 e. The first-order valence-electron chi connectivity index (χ1n) is 9.58. The fourth-order valence-electron chi connectivity index (χ4n) is 2.17. The summed E-state index contributed by atoms with van der Waals surface area (Å²) >= 11 is 0. The van der Waals surface area contributed by atoms with Crippen LogP contribution < -0.4 is 0 Å². The van der Waals surface area contributed by atoms with Gasteiger partial charge in [0.25, 0.3) is 0 Å². The van der Waals surface area contributed by atoms with Gasteiger partial charge >= 0.3 is 0 Å². The molecule has 0 radical (unpaired) electrons. The highest BCUT2D eigenvalue weighted by Gasteiger charge is 2.28. The van der Waals surface area contributed by atoms with Crippen LogP contribution in [0.25, 0.3) is 0 Å². The molecule has 1 aliphatic carbocycles. The molecule has 1 aliphatic rings. The van der Waals surface area contributed by atoms with Crippen molar-refractivity contribution in [3.8, 4) is 0 Å². The van der Waals surface area contributed by atoms with Gasteiger partial charge in [-0.05, 0) is 24.2 Å². The summed E-state index contributed by atoms with van der Waals surface area (Å²) in [6, 6.07) is 0. The van der Waals surface area contributed by atoms with Crippen LogP contribution in [0.3, 0.4) is 0 Å². The molecule has 0 amide bonds. The summed E-state index contributed by atoms with van der Waals surface area (Å²) < 4.78 is 0. The third-order valence-corrected chi connectivity index (χ3v) is 3.62. The molecule has 0 aromatic heterocycles. The fourth-order valence-corrected chi connectivity index (χ4v) is 2.17. The van der Waals surface area contributed by atoms with Gasteiger partial charge in [0.05, 0.1) is 0 Å². The van der Waals surface area contributed by atoms with Crippen LogP contribution in [0.4, 0.5) is 0 Å². The standard InChI is InChI=1S/C11H22.C3H8.3C2H6.H3P/c1-4-11(2,3)10-8-6-5-7-9-10;1-3-2;3*1-2;/h10H,4-9H2,1-3H3;3H2,1-2H3;3*1-2H3;1H3. The highest BCUT2D eigenvalue weighted by atomic mass is 31.0. The molecule has 0 N–H and O–H groups in total. The Morgan fingerprint density at radius 1 is 0.714 bits per heavy atom. The van der Waals surface area contributed by atoms with Crippen molar-refractivity contribution < 1.29 is 0 Å². The Labute approximate surface area is 142 Å². The summed E-state index contributed by atoms with van der Waals surface area (Å²) in [6.45, 7) is 23.4. The molecular weight excluding hydrogens is 271 g/mol. The van der Waals surface area contributed by atoms with Crippen molar-refractivity contribution in [3.63, 3.8) is 0 Å². The van der Waals surface area contributed by atoms with E-state index >= 15 is 0 Å². The topological polar surface area (TPSA) is 0 Å². The summed E-state index contributed by atoms with van der Waals surface area (Å²) in [6.07, 6.45) is 10.0. The quantitative estimate of drug-likeness (QED) is 0.447. The van der Waals surface area contributed by atoms with E-state index in [1.165, 1.54) is 44.9 Å². The van der Waals surface area contributed by atoms with Crippen molar-refractivity contribution in [1.82, 2.24) is 0 Å². The van der Waals surface area contributed by atoms with E-state index < -0.39 is 0 Å². The average molecular weight is 323 g/mol. The average Bonchev–Trinajstić information content (AvgIpc) is 2.55. The van der Waals surface area contributed by atoms with E-state index in [4.69, 9.17) is 0 Å². The molecule has 1 saturated carbocycles. The van der Waals surface area contributed by atoms with E-state index in [-0.39, 0.29) is 9.90 Å². The van der Waals surface area contributed by atoms with E-state index in [1.807, 2.05) is 41.5 Å². The summed E-state index contributed by atoms with van der Waals surface area (Å²) in [5.41, 5.74) is 0.612. The Bertz CT molecular complexity index is 124.